The summed E-state index contributed by atoms with van der Waals surface area (Å²) in [6, 6.07) is 24.1. The Bertz CT molecular complexity index is 1820. The average Bonchev–Trinajstić information content (AvgIpc) is 3.40. The predicted molar refractivity (Wildman–Crippen MR) is 171 cm³/mol. The molecule has 0 unspecified atom stereocenters. The summed E-state index contributed by atoms with van der Waals surface area (Å²) < 4.78 is 8.95. The van der Waals surface area contributed by atoms with Gasteiger partial charge in [0, 0.05) is 28.5 Å². The Hall–Kier alpha value is -3.90. The first-order chi connectivity index (χ1) is 20.5. The number of aromatic nitrogens is 1. The summed E-state index contributed by atoms with van der Waals surface area (Å²) in [5, 5.41) is 12.4. The molecule has 0 bridgehead atoms. The van der Waals surface area contributed by atoms with Gasteiger partial charge in [0.25, 0.3) is 0 Å². The van der Waals surface area contributed by atoms with Gasteiger partial charge in [0.15, 0.2) is 6.20 Å². The third-order valence-electron chi connectivity index (χ3n) is 10.5. The second-order valence-corrected chi connectivity index (χ2v) is 13.0. The van der Waals surface area contributed by atoms with Gasteiger partial charge in [0.05, 0.1) is 17.2 Å². The van der Waals surface area contributed by atoms with Crippen molar-refractivity contribution in [3.8, 4) is 28.5 Å². The van der Waals surface area contributed by atoms with Crippen LogP contribution < -0.4 is 4.57 Å². The standard InChI is InChI=1S/C39H41N2O/c1-25-12-19-33-34-21-18-31(24-40)37(39(34)42-38(33)36(25)35-11-7-8-22-41(35)3)32-20-17-30(23-26(32)2)29-15-13-28(14-16-29)27-9-5-4-6-10-27/h7-8,11-12,17-23,27-29H,4-6,9-10,13-16H2,1-3H3/q+1. The Morgan fingerprint density at radius 1 is 0.738 bits per heavy atom. The van der Waals surface area contributed by atoms with E-state index in [0.29, 0.717) is 11.5 Å². The molecule has 0 atom stereocenters. The van der Waals surface area contributed by atoms with E-state index in [1.165, 1.54) is 74.5 Å². The lowest BCUT2D eigenvalue weighted by atomic mass is 9.70. The van der Waals surface area contributed by atoms with E-state index in [2.05, 4.69) is 86.3 Å². The molecule has 0 radical (unpaired) electrons. The minimum Gasteiger partial charge on any atom is -0.454 e. The summed E-state index contributed by atoms with van der Waals surface area (Å²) in [6.45, 7) is 4.34. The maximum Gasteiger partial charge on any atom is 0.216 e. The van der Waals surface area contributed by atoms with E-state index in [1.54, 1.807) is 0 Å². The van der Waals surface area contributed by atoms with Crippen molar-refractivity contribution in [2.24, 2.45) is 18.9 Å². The quantitative estimate of drug-likeness (QED) is 0.208. The Morgan fingerprint density at radius 3 is 2.17 bits per heavy atom. The number of fused-ring (bicyclic) bond motifs is 3. The Balaban J connectivity index is 1.28. The molecule has 2 heterocycles. The lowest BCUT2D eigenvalue weighted by Crippen LogP contribution is -2.30. The second kappa shape index (κ2) is 11.1. The van der Waals surface area contributed by atoms with E-state index >= 15 is 0 Å². The summed E-state index contributed by atoms with van der Waals surface area (Å²) in [5.74, 6) is 2.57. The highest BCUT2D eigenvalue weighted by Gasteiger charge is 2.30. The number of nitriles is 1. The maximum absolute atomic E-state index is 10.2. The fourth-order valence-corrected chi connectivity index (χ4v) is 8.21. The van der Waals surface area contributed by atoms with Gasteiger partial charge in [0.2, 0.25) is 5.69 Å². The monoisotopic (exact) mass is 553 g/mol. The largest absolute Gasteiger partial charge is 0.454 e. The molecule has 0 aliphatic heterocycles. The van der Waals surface area contributed by atoms with Crippen LogP contribution in [0, 0.1) is 37.0 Å². The van der Waals surface area contributed by atoms with Crippen LogP contribution in [0.5, 0.6) is 0 Å². The van der Waals surface area contributed by atoms with E-state index in [0.717, 1.165) is 56.2 Å². The van der Waals surface area contributed by atoms with Crippen LogP contribution in [0.25, 0.3) is 44.3 Å². The fraction of sp³-hybridized carbons (Fsp3) is 0.385. The Kier molecular flexibility index (Phi) is 7.10. The van der Waals surface area contributed by atoms with Crippen LogP contribution in [0.15, 0.2) is 71.3 Å². The number of benzene rings is 3. The van der Waals surface area contributed by atoms with Gasteiger partial charge in [-0.2, -0.15) is 5.26 Å². The number of hydrogen-bond acceptors (Lipinski definition) is 2. The van der Waals surface area contributed by atoms with Crippen LogP contribution in [0.2, 0.25) is 0 Å². The molecule has 7 rings (SSSR count). The molecule has 2 aromatic heterocycles. The summed E-state index contributed by atoms with van der Waals surface area (Å²) in [7, 11) is 2.07. The highest BCUT2D eigenvalue weighted by molar-refractivity contribution is 6.14. The summed E-state index contributed by atoms with van der Waals surface area (Å²) in [5.41, 5.74) is 10.4. The first kappa shape index (κ1) is 27.0. The van der Waals surface area contributed by atoms with Crippen molar-refractivity contribution in [2.45, 2.75) is 77.6 Å². The van der Waals surface area contributed by atoms with Crippen molar-refractivity contribution in [3.63, 3.8) is 0 Å². The van der Waals surface area contributed by atoms with Gasteiger partial charge in [-0.1, -0.05) is 62.4 Å². The molecule has 3 heteroatoms. The lowest BCUT2D eigenvalue weighted by molar-refractivity contribution is -0.660. The first-order valence-electron chi connectivity index (χ1n) is 16.0. The van der Waals surface area contributed by atoms with E-state index in [4.69, 9.17) is 4.42 Å². The Labute approximate surface area is 249 Å². The first-order valence-corrected chi connectivity index (χ1v) is 16.0. The van der Waals surface area contributed by atoms with Crippen LogP contribution in [0.3, 0.4) is 0 Å². The number of pyridine rings is 1. The van der Waals surface area contributed by atoms with E-state index in [-0.39, 0.29) is 0 Å². The van der Waals surface area contributed by atoms with Gasteiger partial charge in [-0.25, -0.2) is 4.57 Å². The molecule has 2 saturated carbocycles. The number of rotatable bonds is 4. The number of hydrogen-bond donors (Lipinski definition) is 0. The van der Waals surface area contributed by atoms with E-state index in [9.17, 15) is 5.26 Å². The SMILES string of the molecule is Cc1cc(C2CCC(C3CCCCC3)CC2)ccc1-c1c(C#N)ccc2c1oc1c(-c3cccc[n+]3C)c(C)ccc12. The van der Waals surface area contributed by atoms with Gasteiger partial charge >= 0.3 is 0 Å². The normalized spacial score (nSPS) is 19.8. The van der Waals surface area contributed by atoms with E-state index in [1.807, 2.05) is 12.1 Å². The van der Waals surface area contributed by atoms with Crippen LogP contribution in [-0.2, 0) is 7.05 Å². The van der Waals surface area contributed by atoms with Crippen LogP contribution >= 0.6 is 0 Å². The summed E-state index contributed by atoms with van der Waals surface area (Å²) >= 11 is 0. The van der Waals surface area contributed by atoms with Crippen molar-refractivity contribution in [1.82, 2.24) is 0 Å². The van der Waals surface area contributed by atoms with E-state index < -0.39 is 0 Å². The van der Waals surface area contributed by atoms with Crippen LogP contribution in [0.4, 0.5) is 0 Å². The molecule has 0 N–H and O–H groups in total. The molecule has 0 saturated heterocycles. The predicted octanol–water partition coefficient (Wildman–Crippen LogP) is 10.1. The minimum absolute atomic E-state index is 0.646. The van der Waals surface area contributed by atoms with Gasteiger partial charge in [-0.3, -0.25) is 0 Å². The van der Waals surface area contributed by atoms with Gasteiger partial charge in [-0.15, -0.1) is 0 Å². The average molecular weight is 554 g/mol. The molecular weight excluding hydrogens is 512 g/mol. The highest BCUT2D eigenvalue weighted by atomic mass is 16.3. The molecule has 2 fully saturated rings. The molecule has 212 valence electrons. The smallest absolute Gasteiger partial charge is 0.216 e. The Morgan fingerprint density at radius 2 is 1.45 bits per heavy atom. The molecule has 2 aliphatic carbocycles. The van der Waals surface area contributed by atoms with Crippen molar-refractivity contribution in [1.29, 1.82) is 5.26 Å². The van der Waals surface area contributed by atoms with Gasteiger partial charge in [0.1, 0.15) is 18.2 Å². The molecule has 0 amide bonds. The zero-order chi connectivity index (χ0) is 28.8. The topological polar surface area (TPSA) is 40.8 Å². The van der Waals surface area contributed by atoms with Gasteiger partial charge < -0.3 is 4.42 Å². The van der Waals surface area contributed by atoms with Crippen molar-refractivity contribution < 1.29 is 8.98 Å². The van der Waals surface area contributed by atoms with Crippen molar-refractivity contribution >= 4 is 21.9 Å². The lowest BCUT2D eigenvalue weighted by Gasteiger charge is -2.36. The fourth-order valence-electron chi connectivity index (χ4n) is 8.21. The molecule has 0 spiro atoms. The van der Waals surface area contributed by atoms with Crippen molar-refractivity contribution in [2.75, 3.05) is 0 Å². The summed E-state index contributed by atoms with van der Waals surface area (Å²) in [6.07, 6.45) is 14.7. The van der Waals surface area contributed by atoms with Gasteiger partial charge in [-0.05, 0) is 97.7 Å². The zero-order valence-corrected chi connectivity index (χ0v) is 25.2. The molecule has 3 aromatic carbocycles. The molecule has 2 aliphatic rings. The molecule has 42 heavy (non-hydrogen) atoms. The second-order valence-electron chi connectivity index (χ2n) is 13.0. The van der Waals surface area contributed by atoms with Crippen LogP contribution in [-0.4, -0.2) is 0 Å². The van der Waals surface area contributed by atoms with Crippen molar-refractivity contribution in [3.05, 3.63) is 89.1 Å². The third-order valence-corrected chi connectivity index (χ3v) is 10.5. The highest BCUT2D eigenvalue weighted by Crippen LogP contribution is 2.45. The zero-order valence-electron chi connectivity index (χ0n) is 25.2. The number of aryl methyl sites for hydroxylation is 3. The molecule has 3 nitrogen and oxygen atoms in total. The van der Waals surface area contributed by atoms with Crippen LogP contribution in [0.1, 0.15) is 86.0 Å². The number of nitrogens with zero attached hydrogens (tertiary/aromatic N) is 2. The third kappa shape index (κ3) is 4.62. The minimum atomic E-state index is 0.646. The number of furan rings is 1. The molecular formula is C39H41N2O+. The maximum atomic E-state index is 10.2. The molecule has 5 aromatic rings. The summed E-state index contributed by atoms with van der Waals surface area (Å²) in [4.78, 5) is 0.